The molecule has 0 N–H and O–H groups in total. The number of nitrogens with zero attached hydrogens (tertiary/aromatic N) is 4. The third kappa shape index (κ3) is 3.88. The Balaban J connectivity index is 1.70. The zero-order chi connectivity index (χ0) is 18.0. The number of benzene rings is 1. The highest BCUT2D eigenvalue weighted by molar-refractivity contribution is 7.98. The van der Waals surface area contributed by atoms with E-state index >= 15 is 0 Å². The summed E-state index contributed by atoms with van der Waals surface area (Å²) in [5.41, 5.74) is 1.54. The van der Waals surface area contributed by atoms with Crippen LogP contribution in [-0.2, 0) is 10.0 Å². The molecule has 0 bridgehead atoms. The number of piperazine rings is 1. The van der Waals surface area contributed by atoms with Gasteiger partial charge in [0, 0.05) is 49.8 Å². The van der Waals surface area contributed by atoms with Crippen molar-refractivity contribution in [3.8, 4) is 5.69 Å². The molecule has 1 aliphatic heterocycles. The molecule has 0 unspecified atom stereocenters. The van der Waals surface area contributed by atoms with Crippen LogP contribution in [0.5, 0.6) is 0 Å². The third-order valence-electron chi connectivity index (χ3n) is 4.18. The fourth-order valence-corrected chi connectivity index (χ4v) is 4.16. The lowest BCUT2D eigenvalue weighted by molar-refractivity contribution is 0.0698. The number of aromatic nitrogens is 2. The summed E-state index contributed by atoms with van der Waals surface area (Å²) in [4.78, 5) is 18.6. The first-order valence-electron chi connectivity index (χ1n) is 7.82. The highest BCUT2D eigenvalue weighted by Gasteiger charge is 2.26. The van der Waals surface area contributed by atoms with Crippen LogP contribution in [0.3, 0.4) is 0 Å². The Morgan fingerprint density at radius 3 is 2.32 bits per heavy atom. The standard InChI is InChI=1S/C16H20N4O3S2/c1-24-16-17-7-8-20(16)14-5-3-13(4-6-14)15(21)18-9-11-19(12-10-18)25(2,22)23/h3-8H,9-12H2,1-2H3. The number of sulfonamides is 1. The molecule has 1 aromatic carbocycles. The molecule has 25 heavy (non-hydrogen) atoms. The van der Waals surface area contributed by atoms with E-state index < -0.39 is 10.0 Å². The van der Waals surface area contributed by atoms with Gasteiger partial charge in [0.1, 0.15) is 0 Å². The van der Waals surface area contributed by atoms with Crippen molar-refractivity contribution < 1.29 is 13.2 Å². The summed E-state index contributed by atoms with van der Waals surface area (Å²) in [5, 5.41) is 0.885. The van der Waals surface area contributed by atoms with Crippen molar-refractivity contribution in [2.24, 2.45) is 0 Å². The zero-order valence-electron chi connectivity index (χ0n) is 14.1. The van der Waals surface area contributed by atoms with Gasteiger partial charge in [0.05, 0.1) is 6.26 Å². The van der Waals surface area contributed by atoms with E-state index in [1.165, 1.54) is 10.6 Å². The molecule has 0 radical (unpaired) electrons. The Morgan fingerprint density at radius 2 is 1.76 bits per heavy atom. The topological polar surface area (TPSA) is 75.5 Å². The molecule has 1 aromatic heterocycles. The van der Waals surface area contributed by atoms with Crippen molar-refractivity contribution in [3.63, 3.8) is 0 Å². The van der Waals surface area contributed by atoms with Crippen molar-refractivity contribution in [1.82, 2.24) is 18.8 Å². The molecule has 1 aliphatic rings. The van der Waals surface area contributed by atoms with Gasteiger partial charge in [-0.15, -0.1) is 0 Å². The summed E-state index contributed by atoms with van der Waals surface area (Å²) in [6, 6.07) is 7.37. The summed E-state index contributed by atoms with van der Waals surface area (Å²) >= 11 is 1.56. The van der Waals surface area contributed by atoms with Gasteiger partial charge in [0.15, 0.2) is 5.16 Å². The van der Waals surface area contributed by atoms with Gasteiger partial charge < -0.3 is 4.90 Å². The van der Waals surface area contributed by atoms with Crippen LogP contribution in [0.1, 0.15) is 10.4 Å². The number of rotatable bonds is 4. The largest absolute Gasteiger partial charge is 0.336 e. The van der Waals surface area contributed by atoms with E-state index in [2.05, 4.69) is 4.98 Å². The van der Waals surface area contributed by atoms with Crippen molar-refractivity contribution >= 4 is 27.7 Å². The van der Waals surface area contributed by atoms with Crippen molar-refractivity contribution in [2.75, 3.05) is 38.7 Å². The van der Waals surface area contributed by atoms with Crippen molar-refractivity contribution in [2.45, 2.75) is 5.16 Å². The number of imidazole rings is 1. The Kier molecular flexibility index (Phi) is 5.16. The van der Waals surface area contributed by atoms with E-state index in [4.69, 9.17) is 0 Å². The number of carbonyl (C=O) groups is 1. The first-order valence-corrected chi connectivity index (χ1v) is 10.9. The first kappa shape index (κ1) is 18.0. The molecular weight excluding hydrogens is 360 g/mol. The maximum atomic E-state index is 12.6. The molecule has 0 aliphatic carbocycles. The van der Waals surface area contributed by atoms with Gasteiger partial charge in [0.2, 0.25) is 10.0 Å². The summed E-state index contributed by atoms with van der Waals surface area (Å²) in [5.74, 6) is -0.0737. The summed E-state index contributed by atoms with van der Waals surface area (Å²) in [6.45, 7) is 1.50. The predicted octanol–water partition coefficient (Wildman–Crippen LogP) is 1.31. The highest BCUT2D eigenvalue weighted by Crippen LogP contribution is 2.19. The van der Waals surface area contributed by atoms with E-state index in [0.29, 0.717) is 31.7 Å². The number of hydrogen-bond donors (Lipinski definition) is 0. The van der Waals surface area contributed by atoms with Gasteiger partial charge in [-0.2, -0.15) is 4.31 Å². The van der Waals surface area contributed by atoms with Gasteiger partial charge >= 0.3 is 0 Å². The van der Waals surface area contributed by atoms with Crippen LogP contribution in [0, 0.1) is 0 Å². The molecule has 0 atom stereocenters. The lowest BCUT2D eigenvalue weighted by Gasteiger charge is -2.33. The smallest absolute Gasteiger partial charge is 0.253 e. The van der Waals surface area contributed by atoms with Crippen molar-refractivity contribution in [1.29, 1.82) is 0 Å². The lowest BCUT2D eigenvalue weighted by atomic mass is 10.1. The Morgan fingerprint density at radius 1 is 1.12 bits per heavy atom. The first-order chi connectivity index (χ1) is 11.9. The molecule has 7 nitrogen and oxygen atoms in total. The molecule has 9 heteroatoms. The monoisotopic (exact) mass is 380 g/mol. The van der Waals surface area contributed by atoms with Crippen LogP contribution >= 0.6 is 11.8 Å². The Bertz CT molecular complexity index is 854. The van der Waals surface area contributed by atoms with Crippen LogP contribution in [0.25, 0.3) is 5.69 Å². The minimum atomic E-state index is -3.19. The fourth-order valence-electron chi connectivity index (χ4n) is 2.81. The van der Waals surface area contributed by atoms with Crippen LogP contribution in [0.2, 0.25) is 0 Å². The molecule has 1 fully saturated rings. The number of carbonyl (C=O) groups excluding carboxylic acids is 1. The van der Waals surface area contributed by atoms with Crippen LogP contribution in [0.4, 0.5) is 0 Å². The molecule has 3 rings (SSSR count). The van der Waals surface area contributed by atoms with E-state index in [9.17, 15) is 13.2 Å². The average molecular weight is 380 g/mol. The maximum absolute atomic E-state index is 12.6. The predicted molar refractivity (Wildman–Crippen MR) is 97.7 cm³/mol. The van der Waals surface area contributed by atoms with E-state index in [1.807, 2.05) is 29.2 Å². The molecule has 2 heterocycles. The van der Waals surface area contributed by atoms with Crippen molar-refractivity contribution in [3.05, 3.63) is 42.2 Å². The second-order valence-electron chi connectivity index (χ2n) is 5.79. The zero-order valence-corrected chi connectivity index (χ0v) is 15.8. The highest BCUT2D eigenvalue weighted by atomic mass is 32.2. The van der Waals surface area contributed by atoms with E-state index in [0.717, 1.165) is 10.8 Å². The van der Waals surface area contributed by atoms with Gasteiger partial charge in [-0.25, -0.2) is 13.4 Å². The van der Waals surface area contributed by atoms with Crippen LogP contribution < -0.4 is 0 Å². The molecule has 0 saturated carbocycles. The number of thioether (sulfide) groups is 1. The second-order valence-corrected chi connectivity index (χ2v) is 8.54. The molecule has 2 aromatic rings. The minimum Gasteiger partial charge on any atom is -0.336 e. The molecule has 1 amide bonds. The fraction of sp³-hybridized carbons (Fsp3) is 0.375. The van der Waals surface area contributed by atoms with Gasteiger partial charge in [-0.1, -0.05) is 11.8 Å². The van der Waals surface area contributed by atoms with E-state index in [-0.39, 0.29) is 5.91 Å². The van der Waals surface area contributed by atoms with Gasteiger partial charge in [-0.3, -0.25) is 9.36 Å². The lowest BCUT2D eigenvalue weighted by Crippen LogP contribution is -2.50. The summed E-state index contributed by atoms with van der Waals surface area (Å²) in [7, 11) is -3.19. The van der Waals surface area contributed by atoms with Crippen LogP contribution in [-0.4, -0.2) is 71.8 Å². The van der Waals surface area contributed by atoms with Crippen LogP contribution in [0.15, 0.2) is 41.8 Å². The Labute approximate surface area is 151 Å². The van der Waals surface area contributed by atoms with Gasteiger partial charge in [0.25, 0.3) is 5.91 Å². The molecule has 1 saturated heterocycles. The molecular formula is C16H20N4O3S2. The second kappa shape index (κ2) is 7.19. The number of amides is 1. The maximum Gasteiger partial charge on any atom is 0.253 e. The van der Waals surface area contributed by atoms with E-state index in [1.54, 1.807) is 35.0 Å². The SMILES string of the molecule is CSc1nccn1-c1ccc(C(=O)N2CCN(S(C)(=O)=O)CC2)cc1. The van der Waals surface area contributed by atoms with Gasteiger partial charge in [-0.05, 0) is 30.5 Å². The minimum absolute atomic E-state index is 0.0737. The Hall–Kier alpha value is -1.84. The summed E-state index contributed by atoms with van der Waals surface area (Å²) in [6.07, 6.45) is 6.79. The normalized spacial score (nSPS) is 16.2. The third-order valence-corrected chi connectivity index (χ3v) is 6.15. The number of hydrogen-bond acceptors (Lipinski definition) is 5. The summed E-state index contributed by atoms with van der Waals surface area (Å²) < 4.78 is 26.5. The average Bonchev–Trinajstić information content (AvgIpc) is 3.09. The molecule has 134 valence electrons. The molecule has 0 spiro atoms. The quantitative estimate of drug-likeness (QED) is 0.748.